The van der Waals surface area contributed by atoms with Crippen molar-refractivity contribution in [3.05, 3.63) is 131 Å². The maximum absolute atomic E-state index is 13.5. The Bertz CT molecular complexity index is 1470. The first kappa shape index (κ1) is 25.8. The van der Waals surface area contributed by atoms with Gasteiger partial charge in [0.15, 0.2) is 5.60 Å². The van der Waals surface area contributed by atoms with Crippen LogP contribution >= 0.6 is 0 Å². The molecule has 6 nitrogen and oxygen atoms in total. The van der Waals surface area contributed by atoms with E-state index in [1.165, 1.54) is 24.3 Å². The van der Waals surface area contributed by atoms with E-state index in [9.17, 15) is 16.8 Å². The van der Waals surface area contributed by atoms with Crippen LogP contribution in [0.1, 0.15) is 22.3 Å². The van der Waals surface area contributed by atoms with Crippen molar-refractivity contribution in [2.45, 2.75) is 29.2 Å². The highest BCUT2D eigenvalue weighted by Crippen LogP contribution is 2.38. The molecule has 0 saturated heterocycles. The fraction of sp³-hybridized carbons (Fsp3) is 0.143. The molecule has 0 aliphatic heterocycles. The van der Waals surface area contributed by atoms with Gasteiger partial charge in [-0.25, -0.2) is 4.18 Å². The highest BCUT2D eigenvalue weighted by Gasteiger charge is 2.43. The first-order valence-electron chi connectivity index (χ1n) is 11.2. The fourth-order valence-electron chi connectivity index (χ4n) is 3.74. The lowest BCUT2D eigenvalue weighted by molar-refractivity contribution is 0.0608. The molecule has 8 heteroatoms. The zero-order chi connectivity index (χ0) is 25.8. The molecule has 0 heterocycles. The molecule has 4 aromatic rings. The summed E-state index contributed by atoms with van der Waals surface area (Å²) >= 11 is 0. The van der Waals surface area contributed by atoms with Crippen molar-refractivity contribution in [3.63, 3.8) is 0 Å². The first-order chi connectivity index (χ1) is 17.1. The van der Waals surface area contributed by atoms with E-state index in [-0.39, 0.29) is 9.79 Å². The molecule has 0 aliphatic carbocycles. The van der Waals surface area contributed by atoms with Gasteiger partial charge in [-0.1, -0.05) is 96.1 Å². The summed E-state index contributed by atoms with van der Waals surface area (Å²) in [6, 6.07) is 29.6. The van der Waals surface area contributed by atoms with Gasteiger partial charge in [-0.3, -0.25) is 4.18 Å². The van der Waals surface area contributed by atoms with E-state index in [2.05, 4.69) is 0 Å². The minimum absolute atomic E-state index is 0.0375. The van der Waals surface area contributed by atoms with Crippen LogP contribution < -0.4 is 0 Å². The summed E-state index contributed by atoms with van der Waals surface area (Å²) in [6.07, 6.45) is 0. The molecule has 0 atom stereocenters. The van der Waals surface area contributed by atoms with Gasteiger partial charge in [0, 0.05) is 0 Å². The molecule has 4 rings (SSSR count). The molecule has 0 bridgehead atoms. The van der Waals surface area contributed by atoms with E-state index in [0.717, 1.165) is 11.1 Å². The van der Waals surface area contributed by atoms with Crippen LogP contribution in [0.5, 0.6) is 0 Å². The third kappa shape index (κ3) is 5.57. The van der Waals surface area contributed by atoms with Crippen LogP contribution in [0.15, 0.2) is 119 Å². The molecule has 0 aromatic heterocycles. The molecule has 4 aromatic carbocycles. The zero-order valence-electron chi connectivity index (χ0n) is 19.9. The normalized spacial score (nSPS) is 12.4. The van der Waals surface area contributed by atoms with Gasteiger partial charge in [-0.05, 0) is 49.2 Å². The molecule has 0 amide bonds. The second-order valence-electron chi connectivity index (χ2n) is 8.44. The third-order valence-corrected chi connectivity index (χ3v) is 8.40. The Morgan fingerprint density at radius 3 is 1.36 bits per heavy atom. The van der Waals surface area contributed by atoms with E-state index < -0.39 is 32.4 Å². The van der Waals surface area contributed by atoms with Gasteiger partial charge < -0.3 is 0 Å². The van der Waals surface area contributed by atoms with Crippen LogP contribution in [-0.4, -0.2) is 23.4 Å². The molecule has 0 fully saturated rings. The zero-order valence-corrected chi connectivity index (χ0v) is 21.5. The summed E-state index contributed by atoms with van der Waals surface area (Å²) in [6.45, 7) is 3.08. The Kier molecular flexibility index (Phi) is 7.42. The molecule has 0 unspecified atom stereocenters. The molecule has 0 saturated carbocycles. The highest BCUT2D eigenvalue weighted by molar-refractivity contribution is 7.87. The minimum Gasteiger partial charge on any atom is -0.263 e. The maximum atomic E-state index is 13.5. The molecule has 0 N–H and O–H groups in total. The van der Waals surface area contributed by atoms with Gasteiger partial charge in [-0.2, -0.15) is 16.8 Å². The predicted molar refractivity (Wildman–Crippen MR) is 137 cm³/mol. The van der Waals surface area contributed by atoms with Crippen molar-refractivity contribution in [3.8, 4) is 0 Å². The van der Waals surface area contributed by atoms with Crippen LogP contribution in [0, 0.1) is 13.8 Å². The Morgan fingerprint density at radius 1 is 0.556 bits per heavy atom. The van der Waals surface area contributed by atoms with E-state index in [1.807, 2.05) is 13.8 Å². The van der Waals surface area contributed by atoms with Gasteiger partial charge >= 0.3 is 0 Å². The van der Waals surface area contributed by atoms with Crippen LogP contribution in [0.3, 0.4) is 0 Å². The molecule has 0 radical (unpaired) electrons. The quantitative estimate of drug-likeness (QED) is 0.275. The van der Waals surface area contributed by atoms with Crippen molar-refractivity contribution in [1.82, 2.24) is 0 Å². The third-order valence-electron chi connectivity index (χ3n) is 5.77. The maximum Gasteiger partial charge on any atom is 0.298 e. The summed E-state index contributed by atoms with van der Waals surface area (Å²) in [7, 11) is -8.57. The van der Waals surface area contributed by atoms with Crippen molar-refractivity contribution in [2.24, 2.45) is 0 Å². The molecular weight excluding hydrogens is 496 g/mol. The summed E-state index contributed by atoms with van der Waals surface area (Å²) in [5, 5.41) is 0. The van der Waals surface area contributed by atoms with E-state index in [1.54, 1.807) is 84.9 Å². The second kappa shape index (κ2) is 10.4. The topological polar surface area (TPSA) is 86.7 Å². The Balaban J connectivity index is 1.84. The highest BCUT2D eigenvalue weighted by atomic mass is 32.2. The Morgan fingerprint density at radius 2 is 0.944 bits per heavy atom. The van der Waals surface area contributed by atoms with E-state index in [4.69, 9.17) is 8.37 Å². The van der Waals surface area contributed by atoms with Crippen LogP contribution in [0.4, 0.5) is 0 Å². The van der Waals surface area contributed by atoms with Gasteiger partial charge in [0.2, 0.25) is 0 Å². The van der Waals surface area contributed by atoms with Crippen molar-refractivity contribution in [1.29, 1.82) is 0 Å². The molecule has 0 aliphatic rings. The van der Waals surface area contributed by atoms with Gasteiger partial charge in [0.05, 0.1) is 9.79 Å². The number of rotatable bonds is 9. The predicted octanol–water partition coefficient (Wildman–Crippen LogP) is 5.36. The van der Waals surface area contributed by atoms with E-state index >= 15 is 0 Å². The second-order valence-corrected chi connectivity index (χ2v) is 11.6. The fourth-order valence-corrected chi connectivity index (χ4v) is 5.85. The summed E-state index contributed by atoms with van der Waals surface area (Å²) in [4.78, 5) is -0.0877. The van der Waals surface area contributed by atoms with Gasteiger partial charge in [0.1, 0.15) is 6.61 Å². The summed E-state index contributed by atoms with van der Waals surface area (Å²) in [5.41, 5.74) is 0.838. The average Bonchev–Trinajstić information content (AvgIpc) is 2.88. The first-order valence-corrected chi connectivity index (χ1v) is 14.0. The molecule has 186 valence electrons. The smallest absolute Gasteiger partial charge is 0.263 e. The number of hydrogen-bond donors (Lipinski definition) is 0. The van der Waals surface area contributed by atoms with E-state index in [0.29, 0.717) is 11.1 Å². The van der Waals surface area contributed by atoms with Gasteiger partial charge in [-0.15, -0.1) is 0 Å². The lowest BCUT2D eigenvalue weighted by Gasteiger charge is -2.33. The van der Waals surface area contributed by atoms with Crippen molar-refractivity contribution < 1.29 is 25.2 Å². The Hall–Kier alpha value is -3.30. The van der Waals surface area contributed by atoms with Gasteiger partial charge in [0.25, 0.3) is 20.2 Å². The minimum atomic E-state index is -4.34. The number of hydrogen-bond acceptors (Lipinski definition) is 6. The lowest BCUT2D eigenvalue weighted by Crippen LogP contribution is -2.39. The molecule has 0 spiro atoms. The molecule has 36 heavy (non-hydrogen) atoms. The Labute approximate surface area is 212 Å². The number of aryl methyl sites for hydroxylation is 2. The monoisotopic (exact) mass is 522 g/mol. The van der Waals surface area contributed by atoms with Crippen LogP contribution in [-0.2, 0) is 34.2 Å². The van der Waals surface area contributed by atoms with Crippen LogP contribution in [0.2, 0.25) is 0 Å². The summed E-state index contributed by atoms with van der Waals surface area (Å²) in [5.74, 6) is 0. The molecular formula is C28H26O6S2. The van der Waals surface area contributed by atoms with Crippen molar-refractivity contribution in [2.75, 3.05) is 6.61 Å². The van der Waals surface area contributed by atoms with Crippen LogP contribution in [0.25, 0.3) is 0 Å². The average molecular weight is 523 g/mol. The van der Waals surface area contributed by atoms with Crippen molar-refractivity contribution >= 4 is 20.2 Å². The SMILES string of the molecule is Cc1ccc(S(=O)(=O)OCC(OS(=O)(=O)c2ccc(C)cc2)(c2ccccc2)c2ccccc2)cc1. The lowest BCUT2D eigenvalue weighted by atomic mass is 9.87. The number of benzene rings is 4. The standard InChI is InChI=1S/C28H26O6S2/c1-22-13-17-26(18-14-22)35(29,30)33-21-28(24-9-5-3-6-10-24,25-11-7-4-8-12-25)34-36(31,32)27-19-15-23(2)16-20-27/h3-20H,21H2,1-2H3. The largest absolute Gasteiger partial charge is 0.298 e. The summed E-state index contributed by atoms with van der Waals surface area (Å²) < 4.78 is 64.7.